The van der Waals surface area contributed by atoms with Crippen LogP contribution in [0.25, 0.3) is 0 Å². The molecule has 2 rings (SSSR count). The van der Waals surface area contributed by atoms with Gasteiger partial charge in [-0.3, -0.25) is 9.59 Å². The molecule has 0 amide bonds. The largest absolute Gasteiger partial charge is 0.462 e. The first-order valence-electron chi connectivity index (χ1n) is 50.0. The minimum absolute atomic E-state index is 0.00649. The van der Waals surface area contributed by atoms with E-state index < -0.39 is 0 Å². The van der Waals surface area contributed by atoms with E-state index in [9.17, 15) is 9.59 Å². The van der Waals surface area contributed by atoms with Crippen molar-refractivity contribution in [2.75, 3.05) is 0 Å². The Morgan fingerprint density at radius 3 is 0.462 bits per heavy atom. The molecular weight excluding hydrogens is 1290 g/mol. The summed E-state index contributed by atoms with van der Waals surface area (Å²) in [5.74, 6) is 0.126. The van der Waals surface area contributed by atoms with Gasteiger partial charge in [0.1, 0.15) is 12.2 Å². The summed E-state index contributed by atoms with van der Waals surface area (Å²) in [6.07, 6.45) is 108. The van der Waals surface area contributed by atoms with Crippen LogP contribution in [-0.2, 0) is 19.1 Å². The fraction of sp³-hybridized carbons (Fsp3) is 0.980. The van der Waals surface area contributed by atoms with Crippen molar-refractivity contribution in [3.63, 3.8) is 0 Å². The molecule has 6 heteroatoms. The van der Waals surface area contributed by atoms with Gasteiger partial charge in [0.25, 0.3) is 0 Å². The Bertz CT molecular complexity index is 1530. The van der Waals surface area contributed by atoms with E-state index in [2.05, 4.69) is 55.4 Å². The van der Waals surface area contributed by atoms with Gasteiger partial charge in [0.05, 0.1) is 0 Å². The SMILES string of the molecule is CCCCCCCCCCC1(CCCCCCCCCC)CC(OC(=O)CCCCCCCCC(=O)OC2CC(CCCCCCCCCC)(CCCCCCCCCC)NC(CCCCCCCCCC)(CCCCCCCCCC)C2)CC(CCCCCCCCCC)(CCCCCCCCCC)N1. The van der Waals surface area contributed by atoms with Crippen molar-refractivity contribution in [2.45, 2.75) is 629 Å². The average molecular weight is 1490 g/mol. The summed E-state index contributed by atoms with van der Waals surface area (Å²) in [6.45, 7) is 18.7. The molecule has 2 heterocycles. The smallest absolute Gasteiger partial charge is 0.306 e. The lowest BCUT2D eigenvalue weighted by molar-refractivity contribution is -0.156. The van der Waals surface area contributed by atoms with Gasteiger partial charge in [-0.25, -0.2) is 0 Å². The van der Waals surface area contributed by atoms with Gasteiger partial charge in [0.15, 0.2) is 0 Å². The van der Waals surface area contributed by atoms with Gasteiger partial charge in [0.2, 0.25) is 0 Å². The maximum atomic E-state index is 14.4. The number of hydrogen-bond acceptors (Lipinski definition) is 6. The summed E-state index contributed by atoms with van der Waals surface area (Å²) in [5.41, 5.74) is 0.174. The number of rotatable bonds is 83. The molecule has 0 radical (unpaired) electrons. The van der Waals surface area contributed by atoms with Crippen molar-refractivity contribution >= 4 is 11.9 Å². The molecule has 0 saturated carbocycles. The maximum absolute atomic E-state index is 14.4. The second-order valence-corrected chi connectivity index (χ2v) is 36.8. The van der Waals surface area contributed by atoms with E-state index in [1.807, 2.05) is 0 Å². The van der Waals surface area contributed by atoms with Crippen LogP contribution in [0, 0.1) is 0 Å². The number of esters is 2. The second kappa shape index (κ2) is 72.8. The van der Waals surface area contributed by atoms with E-state index in [0.29, 0.717) is 12.8 Å². The van der Waals surface area contributed by atoms with Gasteiger partial charge in [0, 0.05) is 60.7 Å². The number of hydrogen-bond donors (Lipinski definition) is 2. The van der Waals surface area contributed by atoms with Crippen LogP contribution in [0.1, 0.15) is 595 Å². The molecule has 0 spiro atoms. The van der Waals surface area contributed by atoms with E-state index in [-0.39, 0.29) is 46.3 Å². The molecule has 0 unspecified atom stereocenters. The summed E-state index contributed by atoms with van der Waals surface area (Å²) in [4.78, 5) is 28.8. The molecule has 106 heavy (non-hydrogen) atoms. The first-order valence-corrected chi connectivity index (χ1v) is 50.0. The van der Waals surface area contributed by atoms with Gasteiger partial charge >= 0.3 is 11.9 Å². The van der Waals surface area contributed by atoms with E-state index in [1.54, 1.807) is 0 Å². The third-order valence-corrected chi connectivity index (χ3v) is 26.2. The Morgan fingerprint density at radius 2 is 0.321 bits per heavy atom. The number of carbonyl (C=O) groups excluding carboxylic acids is 2. The molecule has 2 saturated heterocycles. The summed E-state index contributed by atoms with van der Waals surface area (Å²) in [5, 5.41) is 9.42. The highest BCUT2D eigenvalue weighted by Crippen LogP contribution is 2.45. The van der Waals surface area contributed by atoms with Crippen LogP contribution in [0.4, 0.5) is 0 Å². The molecule has 2 fully saturated rings. The number of piperidine rings is 2. The Balaban J connectivity index is 2.31. The number of nitrogens with one attached hydrogen (secondary N) is 2. The van der Waals surface area contributed by atoms with Crippen LogP contribution in [0.3, 0.4) is 0 Å². The lowest BCUT2D eigenvalue weighted by Gasteiger charge is -2.53. The minimum atomic E-state index is 0.00649. The normalized spacial score (nSPS) is 15.8. The number of carbonyl (C=O) groups is 2. The summed E-state index contributed by atoms with van der Waals surface area (Å²) >= 11 is 0. The van der Waals surface area contributed by atoms with Crippen LogP contribution in [0.15, 0.2) is 0 Å². The Morgan fingerprint density at radius 1 is 0.198 bits per heavy atom. The van der Waals surface area contributed by atoms with Crippen molar-refractivity contribution in [1.29, 1.82) is 0 Å². The predicted molar refractivity (Wildman–Crippen MR) is 470 cm³/mol. The topological polar surface area (TPSA) is 76.7 Å². The highest BCUT2D eigenvalue weighted by molar-refractivity contribution is 5.70. The van der Waals surface area contributed by atoms with Gasteiger partial charge < -0.3 is 20.1 Å². The molecule has 0 aromatic carbocycles. The van der Waals surface area contributed by atoms with Crippen molar-refractivity contribution < 1.29 is 19.1 Å². The molecule has 2 aliphatic heterocycles. The minimum Gasteiger partial charge on any atom is -0.462 e. The van der Waals surface area contributed by atoms with Crippen LogP contribution in [0.5, 0.6) is 0 Å². The molecule has 630 valence electrons. The van der Waals surface area contributed by atoms with Crippen LogP contribution in [-0.4, -0.2) is 46.3 Å². The molecular formula is C100H196N2O4. The van der Waals surface area contributed by atoms with Gasteiger partial charge in [-0.1, -0.05) is 492 Å². The van der Waals surface area contributed by atoms with Gasteiger partial charge in [-0.2, -0.15) is 0 Å². The first-order chi connectivity index (χ1) is 52.1. The zero-order chi connectivity index (χ0) is 76.5. The monoisotopic (exact) mass is 1490 g/mol. The van der Waals surface area contributed by atoms with Gasteiger partial charge in [-0.05, 0) is 64.2 Å². The van der Waals surface area contributed by atoms with Crippen molar-refractivity contribution in [3.8, 4) is 0 Å². The molecule has 0 atom stereocenters. The first kappa shape index (κ1) is 101. The average Bonchev–Trinajstić information content (AvgIpc) is 0.781. The van der Waals surface area contributed by atoms with Gasteiger partial charge in [-0.15, -0.1) is 0 Å². The third kappa shape index (κ3) is 56.2. The Kier molecular flexibility index (Phi) is 69.3. The van der Waals surface area contributed by atoms with Crippen LogP contribution < -0.4 is 10.6 Å². The standard InChI is InChI=1S/C100H196N2O4/c1-9-17-25-33-41-51-61-71-81-97(82-72-62-52-42-34-26-18-10-2)89-93(90-98(101-97,83-73-63-53-43-35-27-19-11-3)84-74-64-54-44-36-28-20-12-4)105-95(103)79-69-59-49-50-60-70-80-96(104)106-94-91-99(85-75-65-55-45-37-29-21-13-5,86-76-66-56-46-38-30-22-14-6)102-100(92-94,87-77-67-57-47-39-31-23-15-7)88-78-68-58-48-40-32-24-16-8/h93-94,101-102H,9-92H2,1-8H3. The van der Waals surface area contributed by atoms with E-state index in [1.165, 1.54) is 462 Å². The number of unbranched alkanes of at least 4 members (excludes halogenated alkanes) is 61. The Labute approximate surface area is 667 Å². The molecule has 0 bridgehead atoms. The summed E-state index contributed by atoms with van der Waals surface area (Å²) in [7, 11) is 0. The van der Waals surface area contributed by atoms with Crippen LogP contribution >= 0.6 is 0 Å². The fourth-order valence-corrected chi connectivity index (χ4v) is 19.7. The van der Waals surface area contributed by atoms with Crippen molar-refractivity contribution in [2.24, 2.45) is 0 Å². The quantitative estimate of drug-likeness (QED) is 0.0467. The lowest BCUT2D eigenvalue weighted by Crippen LogP contribution is -2.65. The van der Waals surface area contributed by atoms with Crippen molar-refractivity contribution in [3.05, 3.63) is 0 Å². The molecule has 0 aromatic rings. The highest BCUT2D eigenvalue weighted by Gasteiger charge is 2.49. The summed E-state index contributed by atoms with van der Waals surface area (Å²) in [6, 6.07) is 0. The molecule has 0 aliphatic carbocycles. The molecule has 2 N–H and O–H groups in total. The summed E-state index contributed by atoms with van der Waals surface area (Å²) < 4.78 is 13.9. The lowest BCUT2D eigenvalue weighted by atomic mass is 9.69. The third-order valence-electron chi connectivity index (χ3n) is 26.2. The highest BCUT2D eigenvalue weighted by atomic mass is 16.5. The molecule has 0 aromatic heterocycles. The molecule has 2 aliphatic rings. The Hall–Kier alpha value is -1.14. The second-order valence-electron chi connectivity index (χ2n) is 36.8. The number of ether oxygens (including phenoxy) is 2. The van der Waals surface area contributed by atoms with Crippen molar-refractivity contribution in [1.82, 2.24) is 10.6 Å². The zero-order valence-electron chi connectivity index (χ0n) is 74.2. The zero-order valence-corrected chi connectivity index (χ0v) is 74.2. The molecule has 6 nitrogen and oxygen atoms in total. The van der Waals surface area contributed by atoms with E-state index >= 15 is 0 Å². The predicted octanol–water partition coefficient (Wildman–Crippen LogP) is 33.9. The fourth-order valence-electron chi connectivity index (χ4n) is 19.7. The van der Waals surface area contributed by atoms with E-state index in [0.717, 1.165) is 64.2 Å². The van der Waals surface area contributed by atoms with Crippen LogP contribution in [0.2, 0.25) is 0 Å². The maximum Gasteiger partial charge on any atom is 0.306 e. The van der Waals surface area contributed by atoms with E-state index in [4.69, 9.17) is 20.1 Å².